The average molecular weight is 266 g/mol. The lowest BCUT2D eigenvalue weighted by Crippen LogP contribution is -2.38. The van der Waals surface area contributed by atoms with Crippen LogP contribution in [-0.2, 0) is 9.59 Å². The quantitative estimate of drug-likeness (QED) is 0.678. The zero-order valence-electron chi connectivity index (χ0n) is 11.0. The molecule has 19 heavy (non-hydrogen) atoms. The number of hydrogen-bond donors (Lipinski definition) is 3. The second kappa shape index (κ2) is 7.38. The molecule has 6 heteroatoms. The normalized spacial score (nSPS) is 11.5. The summed E-state index contributed by atoms with van der Waals surface area (Å²) >= 11 is 0. The van der Waals surface area contributed by atoms with Gasteiger partial charge in [0.1, 0.15) is 5.75 Å². The van der Waals surface area contributed by atoms with Gasteiger partial charge in [0.2, 0.25) is 0 Å². The van der Waals surface area contributed by atoms with Crippen LogP contribution >= 0.6 is 0 Å². The third-order valence-corrected chi connectivity index (χ3v) is 2.20. The van der Waals surface area contributed by atoms with Gasteiger partial charge in [-0.1, -0.05) is 12.1 Å². The van der Waals surface area contributed by atoms with Crippen molar-refractivity contribution in [2.24, 2.45) is 0 Å². The number of rotatable bonds is 5. The number of carbonyl (C=O) groups is 2. The highest BCUT2D eigenvalue weighted by atomic mass is 16.5. The van der Waals surface area contributed by atoms with E-state index in [-0.39, 0.29) is 6.54 Å². The van der Waals surface area contributed by atoms with Crippen molar-refractivity contribution in [3.63, 3.8) is 0 Å². The Hall–Kier alpha value is -2.08. The fourth-order valence-corrected chi connectivity index (χ4v) is 1.35. The van der Waals surface area contributed by atoms with E-state index in [2.05, 4.69) is 10.6 Å². The molecular weight excluding hydrogens is 248 g/mol. The fraction of sp³-hybridized carbons (Fsp3) is 0.385. The van der Waals surface area contributed by atoms with Gasteiger partial charge >= 0.3 is 11.8 Å². The second-order valence-corrected chi connectivity index (χ2v) is 3.94. The van der Waals surface area contributed by atoms with Crippen LogP contribution in [0.2, 0.25) is 0 Å². The maximum absolute atomic E-state index is 11.6. The standard InChI is InChI=1S/C13H18N2O4/c1-3-19-11-7-5-4-6-10(11)15-13(18)12(17)14-8-9(2)16/h4-7,9,16H,3,8H2,1-2H3,(H,14,17)(H,15,18)/t9-/m0/s1. The molecule has 1 aromatic carbocycles. The van der Waals surface area contributed by atoms with Crippen LogP contribution in [0.5, 0.6) is 5.75 Å². The Bertz CT molecular complexity index is 446. The summed E-state index contributed by atoms with van der Waals surface area (Å²) in [4.78, 5) is 23.1. The van der Waals surface area contributed by atoms with Gasteiger partial charge in [-0.3, -0.25) is 9.59 Å². The lowest BCUT2D eigenvalue weighted by Gasteiger charge is -2.11. The molecule has 0 saturated heterocycles. The minimum absolute atomic E-state index is 0.0271. The molecule has 0 fully saturated rings. The molecule has 104 valence electrons. The number of amides is 2. The highest BCUT2D eigenvalue weighted by molar-refractivity contribution is 6.39. The molecule has 0 aliphatic rings. The van der Waals surface area contributed by atoms with Crippen LogP contribution in [0.4, 0.5) is 5.69 Å². The lowest BCUT2D eigenvalue weighted by atomic mass is 10.3. The van der Waals surface area contributed by atoms with Crippen molar-refractivity contribution in [3.8, 4) is 5.75 Å². The van der Waals surface area contributed by atoms with Crippen LogP contribution in [-0.4, -0.2) is 36.2 Å². The maximum Gasteiger partial charge on any atom is 0.313 e. The van der Waals surface area contributed by atoms with Crippen molar-refractivity contribution in [1.82, 2.24) is 5.32 Å². The monoisotopic (exact) mass is 266 g/mol. The Morgan fingerprint density at radius 1 is 1.32 bits per heavy atom. The number of hydrogen-bond acceptors (Lipinski definition) is 4. The molecule has 1 aromatic rings. The summed E-state index contributed by atoms with van der Waals surface area (Å²) in [5, 5.41) is 13.8. The van der Waals surface area contributed by atoms with Gasteiger partial charge in [-0.25, -0.2) is 0 Å². The summed E-state index contributed by atoms with van der Waals surface area (Å²) < 4.78 is 5.33. The molecule has 1 atom stereocenters. The van der Waals surface area contributed by atoms with Crippen LogP contribution in [0.15, 0.2) is 24.3 Å². The topological polar surface area (TPSA) is 87.7 Å². The van der Waals surface area contributed by atoms with Crippen LogP contribution in [0.1, 0.15) is 13.8 Å². The first kappa shape index (κ1) is 15.0. The molecule has 0 aliphatic carbocycles. The van der Waals surface area contributed by atoms with E-state index in [4.69, 9.17) is 9.84 Å². The number of anilines is 1. The number of ether oxygens (including phenoxy) is 1. The Kier molecular flexibility index (Phi) is 5.81. The predicted octanol–water partition coefficient (Wildman–Crippen LogP) is 0.521. The zero-order valence-corrected chi connectivity index (χ0v) is 11.0. The predicted molar refractivity (Wildman–Crippen MR) is 70.9 cm³/mol. The van der Waals surface area contributed by atoms with E-state index in [0.29, 0.717) is 18.0 Å². The third kappa shape index (κ3) is 4.97. The molecule has 1 rings (SSSR count). The Morgan fingerprint density at radius 3 is 2.63 bits per heavy atom. The summed E-state index contributed by atoms with van der Waals surface area (Å²) in [6.07, 6.45) is -0.701. The smallest absolute Gasteiger partial charge is 0.313 e. The van der Waals surface area contributed by atoms with E-state index in [1.165, 1.54) is 6.92 Å². The van der Waals surface area contributed by atoms with E-state index >= 15 is 0 Å². The summed E-state index contributed by atoms with van der Waals surface area (Å²) in [6, 6.07) is 6.84. The van der Waals surface area contributed by atoms with E-state index < -0.39 is 17.9 Å². The van der Waals surface area contributed by atoms with Gasteiger partial charge < -0.3 is 20.5 Å². The molecule has 0 saturated carbocycles. The molecule has 0 spiro atoms. The van der Waals surface area contributed by atoms with Gasteiger partial charge in [-0.05, 0) is 26.0 Å². The number of carbonyl (C=O) groups excluding carboxylic acids is 2. The highest BCUT2D eigenvalue weighted by Crippen LogP contribution is 2.23. The molecule has 2 amide bonds. The van der Waals surface area contributed by atoms with Gasteiger partial charge in [0.05, 0.1) is 18.4 Å². The van der Waals surface area contributed by atoms with Crippen molar-refractivity contribution >= 4 is 17.5 Å². The summed E-state index contributed by atoms with van der Waals surface area (Å²) in [7, 11) is 0. The minimum Gasteiger partial charge on any atom is -0.492 e. The van der Waals surface area contributed by atoms with Gasteiger partial charge in [0.15, 0.2) is 0 Å². The maximum atomic E-state index is 11.6. The van der Waals surface area contributed by atoms with E-state index in [1.807, 2.05) is 6.92 Å². The average Bonchev–Trinajstić information content (AvgIpc) is 2.38. The number of benzene rings is 1. The first-order valence-electron chi connectivity index (χ1n) is 6.03. The van der Waals surface area contributed by atoms with Gasteiger partial charge in [0.25, 0.3) is 0 Å². The Morgan fingerprint density at radius 2 is 2.00 bits per heavy atom. The number of aliphatic hydroxyl groups excluding tert-OH is 1. The van der Waals surface area contributed by atoms with E-state index in [1.54, 1.807) is 24.3 Å². The first-order valence-corrected chi connectivity index (χ1v) is 6.03. The number of nitrogens with one attached hydrogen (secondary N) is 2. The molecule has 0 radical (unpaired) electrons. The van der Waals surface area contributed by atoms with Crippen LogP contribution in [0, 0.1) is 0 Å². The lowest BCUT2D eigenvalue weighted by molar-refractivity contribution is -0.136. The van der Waals surface area contributed by atoms with Crippen LogP contribution in [0.25, 0.3) is 0 Å². The van der Waals surface area contributed by atoms with Crippen molar-refractivity contribution in [2.75, 3.05) is 18.5 Å². The minimum atomic E-state index is -0.799. The molecular formula is C13H18N2O4. The van der Waals surface area contributed by atoms with Gasteiger partial charge in [-0.2, -0.15) is 0 Å². The van der Waals surface area contributed by atoms with Crippen molar-refractivity contribution in [3.05, 3.63) is 24.3 Å². The van der Waals surface area contributed by atoms with Crippen molar-refractivity contribution in [1.29, 1.82) is 0 Å². The summed E-state index contributed by atoms with van der Waals surface area (Å²) in [5.41, 5.74) is 0.432. The third-order valence-electron chi connectivity index (χ3n) is 2.20. The zero-order chi connectivity index (χ0) is 14.3. The van der Waals surface area contributed by atoms with Crippen molar-refractivity contribution in [2.45, 2.75) is 20.0 Å². The largest absolute Gasteiger partial charge is 0.492 e. The number of aliphatic hydroxyl groups is 1. The summed E-state index contributed by atoms with van der Waals surface area (Å²) in [5.74, 6) is -1.10. The summed E-state index contributed by atoms with van der Waals surface area (Å²) in [6.45, 7) is 3.83. The van der Waals surface area contributed by atoms with Crippen molar-refractivity contribution < 1.29 is 19.4 Å². The van der Waals surface area contributed by atoms with E-state index in [9.17, 15) is 9.59 Å². The van der Waals surface area contributed by atoms with Gasteiger partial charge in [-0.15, -0.1) is 0 Å². The second-order valence-electron chi connectivity index (χ2n) is 3.94. The molecule has 3 N–H and O–H groups in total. The SMILES string of the molecule is CCOc1ccccc1NC(=O)C(=O)NC[C@H](C)O. The molecule has 6 nitrogen and oxygen atoms in total. The van der Waals surface area contributed by atoms with Crippen LogP contribution in [0.3, 0.4) is 0 Å². The molecule has 0 aliphatic heterocycles. The molecule has 0 unspecified atom stereocenters. The molecule has 0 bridgehead atoms. The van der Waals surface area contributed by atoms with E-state index in [0.717, 1.165) is 0 Å². The first-order chi connectivity index (χ1) is 9.04. The number of para-hydroxylation sites is 2. The Balaban J connectivity index is 2.63. The highest BCUT2D eigenvalue weighted by Gasteiger charge is 2.15. The molecule has 0 heterocycles. The molecule has 0 aromatic heterocycles. The fourth-order valence-electron chi connectivity index (χ4n) is 1.35. The Labute approximate surface area is 111 Å². The van der Waals surface area contributed by atoms with Gasteiger partial charge in [0, 0.05) is 6.54 Å². The van der Waals surface area contributed by atoms with Crippen LogP contribution < -0.4 is 15.4 Å².